The molecule has 0 aromatic heterocycles. The van der Waals surface area contributed by atoms with Crippen LogP contribution in [0.15, 0.2) is 36.4 Å². The summed E-state index contributed by atoms with van der Waals surface area (Å²) >= 11 is 12.7. The van der Waals surface area contributed by atoms with E-state index in [2.05, 4.69) is 5.32 Å². The Bertz CT molecular complexity index is 1170. The second kappa shape index (κ2) is 13.0. The lowest BCUT2D eigenvalue weighted by atomic mass is 10.1. The fourth-order valence-corrected chi connectivity index (χ4v) is 5.02. The molecule has 0 saturated heterocycles. The van der Waals surface area contributed by atoms with Crippen molar-refractivity contribution in [2.24, 2.45) is 0 Å². The van der Waals surface area contributed by atoms with Crippen LogP contribution in [0, 0.1) is 0 Å². The molecule has 36 heavy (non-hydrogen) atoms. The first-order valence-corrected chi connectivity index (χ1v) is 13.8. The minimum absolute atomic E-state index is 0.0929. The number of sulfonamides is 1. The Morgan fingerprint density at radius 3 is 2.19 bits per heavy atom. The third-order valence-electron chi connectivity index (χ3n) is 5.46. The minimum Gasteiger partial charge on any atom is -0.497 e. The first-order valence-electron chi connectivity index (χ1n) is 11.2. The highest BCUT2D eigenvalue weighted by molar-refractivity contribution is 7.92. The molecule has 1 unspecified atom stereocenters. The van der Waals surface area contributed by atoms with Gasteiger partial charge in [0.05, 0.1) is 26.2 Å². The summed E-state index contributed by atoms with van der Waals surface area (Å²) in [4.78, 5) is 27.9. The summed E-state index contributed by atoms with van der Waals surface area (Å²) < 4.78 is 37.1. The Labute approximate surface area is 222 Å². The van der Waals surface area contributed by atoms with Crippen LogP contribution < -0.4 is 19.1 Å². The van der Waals surface area contributed by atoms with Crippen LogP contribution in [0.2, 0.25) is 10.0 Å². The Kier molecular flexibility index (Phi) is 10.7. The number of nitrogens with zero attached hydrogens (tertiary/aromatic N) is 2. The fraction of sp³-hybridized carbons (Fsp3) is 0.417. The van der Waals surface area contributed by atoms with E-state index in [0.717, 1.165) is 10.6 Å². The predicted molar refractivity (Wildman–Crippen MR) is 142 cm³/mol. The summed E-state index contributed by atoms with van der Waals surface area (Å²) in [6, 6.07) is 8.61. The summed E-state index contributed by atoms with van der Waals surface area (Å²) in [6.45, 7) is 3.21. The molecule has 9 nitrogen and oxygen atoms in total. The summed E-state index contributed by atoms with van der Waals surface area (Å²) in [6.07, 6.45) is 1.27. The molecule has 0 saturated carbocycles. The molecule has 2 aromatic rings. The minimum atomic E-state index is -3.94. The van der Waals surface area contributed by atoms with E-state index in [-0.39, 0.29) is 30.3 Å². The Morgan fingerprint density at radius 1 is 1.06 bits per heavy atom. The maximum Gasteiger partial charge on any atom is 0.244 e. The predicted octanol–water partition coefficient (Wildman–Crippen LogP) is 3.72. The van der Waals surface area contributed by atoms with Crippen LogP contribution in [-0.2, 0) is 26.2 Å². The summed E-state index contributed by atoms with van der Waals surface area (Å²) in [7, 11) is -1.09. The number of hydrogen-bond donors (Lipinski definition) is 1. The quantitative estimate of drug-likeness (QED) is 0.425. The molecule has 198 valence electrons. The molecule has 0 aliphatic heterocycles. The number of likely N-dealkylation sites (N-methyl/N-ethyl adjacent to an activating group) is 1. The van der Waals surface area contributed by atoms with Gasteiger partial charge in [-0.15, -0.1) is 0 Å². The zero-order valence-corrected chi connectivity index (χ0v) is 23.2. The number of carbonyl (C=O) groups excluding carboxylic acids is 2. The number of carbonyl (C=O) groups is 2. The van der Waals surface area contributed by atoms with Gasteiger partial charge in [-0.3, -0.25) is 13.9 Å². The lowest BCUT2D eigenvalue weighted by Gasteiger charge is -2.33. The van der Waals surface area contributed by atoms with Gasteiger partial charge >= 0.3 is 0 Å². The largest absolute Gasteiger partial charge is 0.497 e. The van der Waals surface area contributed by atoms with Crippen molar-refractivity contribution in [1.82, 2.24) is 10.2 Å². The number of anilines is 1. The van der Waals surface area contributed by atoms with Crippen LogP contribution in [0.25, 0.3) is 0 Å². The topological polar surface area (TPSA) is 105 Å². The Balaban J connectivity index is 2.56. The van der Waals surface area contributed by atoms with Gasteiger partial charge in [0, 0.05) is 34.8 Å². The normalized spacial score (nSPS) is 12.0. The smallest absolute Gasteiger partial charge is 0.244 e. The molecule has 12 heteroatoms. The monoisotopic (exact) mass is 559 g/mol. The van der Waals surface area contributed by atoms with Crippen molar-refractivity contribution in [1.29, 1.82) is 0 Å². The molecule has 0 aliphatic carbocycles. The standard InChI is InChI=1S/C24H31Cl2N3O6S/c1-6-20(24(31)27-7-2)28(14-17-18(25)9-8-10-19(17)26)23(30)15-29(36(5,32)33)21-12-11-16(34-3)13-22(21)35-4/h8-13,20H,6-7,14-15H2,1-5H3,(H,27,31). The van der Waals surface area contributed by atoms with Crippen molar-refractivity contribution in [3.8, 4) is 11.5 Å². The zero-order chi connectivity index (χ0) is 27.0. The highest BCUT2D eigenvalue weighted by Gasteiger charge is 2.33. The second-order valence-corrected chi connectivity index (χ2v) is 10.6. The number of ether oxygens (including phenoxy) is 2. The van der Waals surface area contributed by atoms with Crippen molar-refractivity contribution in [2.75, 3.05) is 37.9 Å². The van der Waals surface area contributed by atoms with Crippen LogP contribution in [0.4, 0.5) is 5.69 Å². The fourth-order valence-electron chi connectivity index (χ4n) is 3.65. The van der Waals surface area contributed by atoms with E-state index < -0.39 is 28.5 Å². The number of rotatable bonds is 12. The molecule has 1 N–H and O–H groups in total. The third-order valence-corrected chi connectivity index (χ3v) is 7.30. The number of nitrogens with one attached hydrogen (secondary N) is 1. The van der Waals surface area contributed by atoms with Crippen molar-refractivity contribution in [2.45, 2.75) is 32.9 Å². The Hall–Kier alpha value is -2.69. The van der Waals surface area contributed by atoms with Crippen LogP contribution in [0.1, 0.15) is 25.8 Å². The number of halogens is 2. The van der Waals surface area contributed by atoms with E-state index in [1.165, 1.54) is 31.3 Å². The van der Waals surface area contributed by atoms with E-state index >= 15 is 0 Å². The molecular formula is C24H31Cl2N3O6S. The van der Waals surface area contributed by atoms with Gasteiger partial charge in [-0.2, -0.15) is 0 Å². The first-order chi connectivity index (χ1) is 17.0. The van der Waals surface area contributed by atoms with Crippen molar-refractivity contribution in [3.63, 3.8) is 0 Å². The van der Waals surface area contributed by atoms with Gasteiger partial charge in [0.15, 0.2) is 0 Å². The average molecular weight is 561 g/mol. The highest BCUT2D eigenvalue weighted by Crippen LogP contribution is 2.34. The molecule has 2 rings (SSSR count). The maximum absolute atomic E-state index is 13.7. The Morgan fingerprint density at radius 2 is 1.69 bits per heavy atom. The molecule has 0 spiro atoms. The van der Waals surface area contributed by atoms with Crippen molar-refractivity contribution < 1.29 is 27.5 Å². The molecule has 0 aliphatic rings. The summed E-state index contributed by atoms with van der Waals surface area (Å²) in [5.41, 5.74) is 0.598. The van der Waals surface area contributed by atoms with Gasteiger partial charge in [0.2, 0.25) is 21.8 Å². The number of hydrogen-bond acceptors (Lipinski definition) is 6. The van der Waals surface area contributed by atoms with Crippen molar-refractivity contribution in [3.05, 3.63) is 52.0 Å². The first kappa shape index (κ1) is 29.5. The third kappa shape index (κ3) is 7.18. The van der Waals surface area contributed by atoms with Gasteiger partial charge in [-0.05, 0) is 37.6 Å². The highest BCUT2D eigenvalue weighted by atomic mass is 35.5. The average Bonchev–Trinajstić information content (AvgIpc) is 2.83. The number of amides is 2. The summed E-state index contributed by atoms with van der Waals surface area (Å²) in [5, 5.41) is 3.37. The molecule has 0 bridgehead atoms. The van der Waals surface area contributed by atoms with Crippen molar-refractivity contribution >= 4 is 50.7 Å². The van der Waals surface area contributed by atoms with Gasteiger partial charge in [0.1, 0.15) is 24.1 Å². The van der Waals surface area contributed by atoms with Gasteiger partial charge in [0.25, 0.3) is 0 Å². The number of methoxy groups -OCH3 is 2. The van der Waals surface area contributed by atoms with Crippen LogP contribution in [0.3, 0.4) is 0 Å². The van der Waals surface area contributed by atoms with E-state index in [1.807, 2.05) is 0 Å². The van der Waals surface area contributed by atoms with E-state index in [0.29, 0.717) is 27.9 Å². The van der Waals surface area contributed by atoms with E-state index in [9.17, 15) is 18.0 Å². The molecule has 2 amide bonds. The van der Waals surface area contributed by atoms with Gasteiger partial charge < -0.3 is 19.7 Å². The van der Waals surface area contributed by atoms with Gasteiger partial charge in [-0.25, -0.2) is 8.42 Å². The molecule has 2 aromatic carbocycles. The SMILES string of the molecule is CCNC(=O)C(CC)N(Cc1c(Cl)cccc1Cl)C(=O)CN(c1ccc(OC)cc1OC)S(C)(=O)=O. The summed E-state index contributed by atoms with van der Waals surface area (Å²) in [5.74, 6) is -0.339. The molecule has 1 atom stereocenters. The lowest BCUT2D eigenvalue weighted by molar-refractivity contribution is -0.140. The van der Waals surface area contributed by atoms with Crippen LogP contribution in [-0.4, -0.2) is 64.7 Å². The second-order valence-electron chi connectivity index (χ2n) is 7.85. The van der Waals surface area contributed by atoms with Crippen LogP contribution >= 0.6 is 23.2 Å². The van der Waals surface area contributed by atoms with E-state index in [1.54, 1.807) is 38.1 Å². The van der Waals surface area contributed by atoms with Crippen LogP contribution in [0.5, 0.6) is 11.5 Å². The molecule has 0 heterocycles. The van der Waals surface area contributed by atoms with E-state index in [4.69, 9.17) is 32.7 Å². The molecule has 0 fully saturated rings. The molecular weight excluding hydrogens is 529 g/mol. The maximum atomic E-state index is 13.7. The number of benzene rings is 2. The zero-order valence-electron chi connectivity index (χ0n) is 20.9. The van der Waals surface area contributed by atoms with Gasteiger partial charge in [-0.1, -0.05) is 36.2 Å². The lowest BCUT2D eigenvalue weighted by Crippen LogP contribution is -2.52. The molecule has 0 radical (unpaired) electrons.